The number of hydrogen-bond acceptors (Lipinski definition) is 3. The van der Waals surface area contributed by atoms with Crippen LogP contribution in [-0.4, -0.2) is 29.6 Å². The average molecular weight is 265 g/mol. The van der Waals surface area contributed by atoms with E-state index in [1.54, 1.807) is 0 Å². The SMILES string of the molecule is CC(C)(C(NN)C1=CCCCC1)N1CCCCCC1. The highest BCUT2D eigenvalue weighted by Gasteiger charge is 2.37. The topological polar surface area (TPSA) is 41.3 Å². The number of nitrogens with one attached hydrogen (secondary N) is 1. The van der Waals surface area contributed by atoms with Gasteiger partial charge in [-0.3, -0.25) is 16.2 Å². The van der Waals surface area contributed by atoms with Gasteiger partial charge in [-0.1, -0.05) is 24.5 Å². The Morgan fingerprint density at radius 2 is 1.79 bits per heavy atom. The molecule has 0 aromatic carbocycles. The van der Waals surface area contributed by atoms with E-state index in [9.17, 15) is 0 Å². The number of nitrogens with zero attached hydrogens (tertiary/aromatic N) is 1. The van der Waals surface area contributed by atoms with Crippen LogP contribution in [0.15, 0.2) is 11.6 Å². The van der Waals surface area contributed by atoms with E-state index >= 15 is 0 Å². The van der Waals surface area contributed by atoms with Crippen LogP contribution in [0, 0.1) is 0 Å². The Labute approximate surface area is 118 Å². The van der Waals surface area contributed by atoms with Crippen molar-refractivity contribution in [2.24, 2.45) is 5.84 Å². The van der Waals surface area contributed by atoms with Crippen LogP contribution in [0.2, 0.25) is 0 Å². The molecule has 1 saturated heterocycles. The molecule has 1 atom stereocenters. The maximum atomic E-state index is 5.92. The van der Waals surface area contributed by atoms with Gasteiger partial charge in [0.05, 0.1) is 6.04 Å². The third kappa shape index (κ3) is 3.59. The van der Waals surface area contributed by atoms with E-state index in [0.29, 0.717) is 6.04 Å². The molecule has 1 fully saturated rings. The maximum Gasteiger partial charge on any atom is 0.0598 e. The number of hydrogen-bond donors (Lipinski definition) is 2. The van der Waals surface area contributed by atoms with Crippen LogP contribution in [0.1, 0.15) is 65.2 Å². The molecule has 1 aliphatic carbocycles. The van der Waals surface area contributed by atoms with Crippen molar-refractivity contribution in [3.63, 3.8) is 0 Å². The van der Waals surface area contributed by atoms with Crippen LogP contribution in [-0.2, 0) is 0 Å². The van der Waals surface area contributed by atoms with E-state index < -0.39 is 0 Å². The summed E-state index contributed by atoms with van der Waals surface area (Å²) in [4.78, 5) is 2.65. The number of rotatable bonds is 4. The van der Waals surface area contributed by atoms with Gasteiger partial charge in [-0.2, -0.15) is 0 Å². The van der Waals surface area contributed by atoms with Crippen molar-refractivity contribution in [3.8, 4) is 0 Å². The number of hydrazine groups is 1. The van der Waals surface area contributed by atoms with Crippen LogP contribution < -0.4 is 11.3 Å². The van der Waals surface area contributed by atoms with Crippen molar-refractivity contribution in [3.05, 3.63) is 11.6 Å². The minimum Gasteiger partial charge on any atom is -0.296 e. The van der Waals surface area contributed by atoms with E-state index in [1.165, 1.54) is 70.0 Å². The molecule has 1 unspecified atom stereocenters. The van der Waals surface area contributed by atoms with Crippen molar-refractivity contribution < 1.29 is 0 Å². The Morgan fingerprint density at radius 3 is 2.32 bits per heavy atom. The van der Waals surface area contributed by atoms with Crippen molar-refractivity contribution >= 4 is 0 Å². The highest BCUT2D eigenvalue weighted by Crippen LogP contribution is 2.31. The Bertz CT molecular complexity index is 301. The second kappa shape index (κ2) is 6.87. The molecule has 3 heteroatoms. The van der Waals surface area contributed by atoms with Gasteiger partial charge >= 0.3 is 0 Å². The largest absolute Gasteiger partial charge is 0.296 e. The third-order valence-corrected chi connectivity index (χ3v) is 4.99. The lowest BCUT2D eigenvalue weighted by Gasteiger charge is -2.45. The Balaban J connectivity index is 2.11. The lowest BCUT2D eigenvalue weighted by molar-refractivity contribution is 0.0942. The van der Waals surface area contributed by atoms with Gasteiger partial charge in [-0.25, -0.2) is 0 Å². The van der Waals surface area contributed by atoms with Crippen LogP contribution in [0.25, 0.3) is 0 Å². The Morgan fingerprint density at radius 1 is 1.11 bits per heavy atom. The quantitative estimate of drug-likeness (QED) is 0.466. The first-order chi connectivity index (χ1) is 9.16. The Hall–Kier alpha value is -0.380. The smallest absolute Gasteiger partial charge is 0.0598 e. The first-order valence-corrected chi connectivity index (χ1v) is 8.06. The molecule has 0 amide bonds. The van der Waals surface area contributed by atoms with Crippen LogP contribution >= 0.6 is 0 Å². The van der Waals surface area contributed by atoms with Gasteiger partial charge in [-0.05, 0) is 65.5 Å². The van der Waals surface area contributed by atoms with Gasteiger partial charge in [-0.15, -0.1) is 0 Å². The first kappa shape index (κ1) is 15.0. The van der Waals surface area contributed by atoms with Crippen molar-refractivity contribution in [1.29, 1.82) is 0 Å². The van der Waals surface area contributed by atoms with E-state index in [0.717, 1.165) is 0 Å². The first-order valence-electron chi connectivity index (χ1n) is 8.06. The van der Waals surface area contributed by atoms with Crippen molar-refractivity contribution in [1.82, 2.24) is 10.3 Å². The fourth-order valence-electron chi connectivity index (χ4n) is 3.72. The lowest BCUT2D eigenvalue weighted by Crippen LogP contribution is -2.60. The fourth-order valence-corrected chi connectivity index (χ4v) is 3.72. The highest BCUT2D eigenvalue weighted by molar-refractivity contribution is 5.19. The zero-order valence-corrected chi connectivity index (χ0v) is 12.8. The molecule has 0 aromatic heterocycles. The summed E-state index contributed by atoms with van der Waals surface area (Å²) in [5, 5.41) is 0. The second-order valence-corrected chi connectivity index (χ2v) is 6.68. The van der Waals surface area contributed by atoms with Crippen LogP contribution in [0.5, 0.6) is 0 Å². The normalized spacial score (nSPS) is 24.7. The molecule has 0 saturated carbocycles. The zero-order chi connectivity index (χ0) is 13.7. The monoisotopic (exact) mass is 265 g/mol. The van der Waals surface area contributed by atoms with Gasteiger partial charge in [0.2, 0.25) is 0 Å². The standard InChI is InChI=1S/C16H31N3/c1-16(2,19-12-8-3-4-9-13-19)15(18-17)14-10-6-5-7-11-14/h10,15,18H,3-9,11-13,17H2,1-2H3. The molecule has 2 aliphatic rings. The molecule has 0 radical (unpaired) electrons. The minimum absolute atomic E-state index is 0.113. The molecule has 1 aliphatic heterocycles. The number of likely N-dealkylation sites (tertiary alicyclic amines) is 1. The van der Waals surface area contributed by atoms with Gasteiger partial charge in [0, 0.05) is 5.54 Å². The van der Waals surface area contributed by atoms with Gasteiger partial charge < -0.3 is 0 Å². The molecule has 0 spiro atoms. The molecular weight excluding hydrogens is 234 g/mol. The summed E-state index contributed by atoms with van der Waals surface area (Å²) < 4.78 is 0. The molecule has 3 N–H and O–H groups in total. The summed E-state index contributed by atoms with van der Waals surface area (Å²) in [6.45, 7) is 7.16. The van der Waals surface area contributed by atoms with E-state index in [-0.39, 0.29) is 5.54 Å². The van der Waals surface area contributed by atoms with Gasteiger partial charge in [0.1, 0.15) is 0 Å². The van der Waals surface area contributed by atoms with E-state index in [1.807, 2.05) is 0 Å². The van der Waals surface area contributed by atoms with E-state index in [4.69, 9.17) is 5.84 Å². The van der Waals surface area contributed by atoms with Crippen molar-refractivity contribution in [2.75, 3.05) is 13.1 Å². The minimum atomic E-state index is 0.113. The maximum absolute atomic E-state index is 5.92. The molecule has 110 valence electrons. The number of nitrogens with two attached hydrogens (primary N) is 1. The van der Waals surface area contributed by atoms with E-state index in [2.05, 4.69) is 30.2 Å². The summed E-state index contributed by atoms with van der Waals surface area (Å²) in [6, 6.07) is 0.297. The molecule has 1 heterocycles. The summed E-state index contributed by atoms with van der Waals surface area (Å²) in [6.07, 6.45) is 13.0. The zero-order valence-electron chi connectivity index (χ0n) is 12.8. The predicted octanol–water partition coefficient (Wildman–Crippen LogP) is 2.97. The molecule has 3 nitrogen and oxygen atoms in total. The summed E-state index contributed by atoms with van der Waals surface area (Å²) in [7, 11) is 0. The molecular formula is C16H31N3. The molecule has 2 rings (SSSR count). The fraction of sp³-hybridized carbons (Fsp3) is 0.875. The average Bonchev–Trinajstić information content (AvgIpc) is 2.70. The number of allylic oxidation sites excluding steroid dienone is 1. The third-order valence-electron chi connectivity index (χ3n) is 4.99. The summed E-state index contributed by atoms with van der Waals surface area (Å²) in [5.74, 6) is 5.92. The van der Waals surface area contributed by atoms with Crippen molar-refractivity contribution in [2.45, 2.75) is 76.8 Å². The second-order valence-electron chi connectivity index (χ2n) is 6.68. The molecule has 19 heavy (non-hydrogen) atoms. The van der Waals surface area contributed by atoms with Gasteiger partial charge in [0.15, 0.2) is 0 Å². The van der Waals surface area contributed by atoms with Crippen LogP contribution in [0.3, 0.4) is 0 Å². The summed E-state index contributed by atoms with van der Waals surface area (Å²) >= 11 is 0. The van der Waals surface area contributed by atoms with Crippen LogP contribution in [0.4, 0.5) is 0 Å². The van der Waals surface area contributed by atoms with Gasteiger partial charge in [0.25, 0.3) is 0 Å². The Kier molecular flexibility index (Phi) is 5.43. The highest BCUT2D eigenvalue weighted by atomic mass is 15.3. The lowest BCUT2D eigenvalue weighted by atomic mass is 9.82. The molecule has 0 aromatic rings. The molecule has 0 bridgehead atoms. The predicted molar refractivity (Wildman–Crippen MR) is 81.8 cm³/mol. The summed E-state index contributed by atoms with van der Waals surface area (Å²) in [5.41, 5.74) is 4.76.